The van der Waals surface area contributed by atoms with E-state index in [-0.39, 0.29) is 31.3 Å². The van der Waals surface area contributed by atoms with Crippen LogP contribution in [-0.4, -0.2) is 53.9 Å². The van der Waals surface area contributed by atoms with E-state index in [1.54, 1.807) is 0 Å². The number of halogens is 3. The smallest absolute Gasteiger partial charge is 0.368 e. The number of nitrogens with one attached hydrogen (secondary N) is 2. The van der Waals surface area contributed by atoms with Gasteiger partial charge in [-0.3, -0.25) is 0 Å². The SMILES string of the molecule is CN[C@@H]1CCN(c2nc(N)nc(NCC3(C(F)(F)F)CCC3)n2)C1. The molecule has 0 bridgehead atoms. The zero-order chi connectivity index (χ0) is 17.4. The number of rotatable bonds is 5. The Balaban J connectivity index is 1.70. The van der Waals surface area contributed by atoms with Crippen molar-refractivity contribution in [1.82, 2.24) is 20.3 Å². The molecular formula is C14H22F3N7. The summed E-state index contributed by atoms with van der Waals surface area (Å²) in [5, 5.41) is 5.90. The molecule has 1 atom stereocenters. The molecule has 1 aromatic heterocycles. The third kappa shape index (κ3) is 3.19. The average molecular weight is 345 g/mol. The van der Waals surface area contributed by atoms with Crippen LogP contribution in [0.5, 0.6) is 0 Å². The van der Waals surface area contributed by atoms with E-state index in [4.69, 9.17) is 5.73 Å². The number of aromatic nitrogens is 3. The van der Waals surface area contributed by atoms with Gasteiger partial charge in [-0.2, -0.15) is 28.1 Å². The van der Waals surface area contributed by atoms with Crippen molar-refractivity contribution in [2.45, 2.75) is 37.9 Å². The Morgan fingerprint density at radius 3 is 2.58 bits per heavy atom. The molecular weight excluding hydrogens is 323 g/mol. The molecule has 0 aromatic carbocycles. The fourth-order valence-corrected chi connectivity index (χ4v) is 3.19. The minimum Gasteiger partial charge on any atom is -0.368 e. The Labute approximate surface area is 138 Å². The molecule has 3 rings (SSSR count). The van der Waals surface area contributed by atoms with Crippen LogP contribution in [-0.2, 0) is 0 Å². The van der Waals surface area contributed by atoms with Crippen LogP contribution >= 0.6 is 0 Å². The number of likely N-dealkylation sites (N-methyl/N-ethyl adjacent to an activating group) is 1. The highest BCUT2D eigenvalue weighted by molar-refractivity contribution is 5.43. The van der Waals surface area contributed by atoms with Gasteiger partial charge in [0.05, 0.1) is 5.41 Å². The maximum Gasteiger partial charge on any atom is 0.396 e. The fraction of sp³-hybridized carbons (Fsp3) is 0.786. The number of hydrogen-bond donors (Lipinski definition) is 3. The molecule has 0 amide bonds. The van der Waals surface area contributed by atoms with Crippen molar-refractivity contribution in [2.24, 2.45) is 5.41 Å². The summed E-state index contributed by atoms with van der Waals surface area (Å²) in [5.41, 5.74) is 4.02. The lowest BCUT2D eigenvalue weighted by Gasteiger charge is -2.43. The summed E-state index contributed by atoms with van der Waals surface area (Å²) >= 11 is 0. The Morgan fingerprint density at radius 1 is 1.29 bits per heavy atom. The summed E-state index contributed by atoms with van der Waals surface area (Å²) in [5.74, 6) is 0.503. The van der Waals surface area contributed by atoms with E-state index >= 15 is 0 Å². The van der Waals surface area contributed by atoms with E-state index in [1.807, 2.05) is 11.9 Å². The van der Waals surface area contributed by atoms with Crippen LogP contribution in [0.3, 0.4) is 0 Å². The van der Waals surface area contributed by atoms with E-state index in [0.717, 1.165) is 19.5 Å². The molecule has 24 heavy (non-hydrogen) atoms. The number of alkyl halides is 3. The molecule has 2 fully saturated rings. The second-order valence-electron chi connectivity index (χ2n) is 6.52. The molecule has 4 N–H and O–H groups in total. The quantitative estimate of drug-likeness (QED) is 0.743. The van der Waals surface area contributed by atoms with Gasteiger partial charge in [-0.1, -0.05) is 6.42 Å². The van der Waals surface area contributed by atoms with Gasteiger partial charge in [-0.15, -0.1) is 0 Å². The van der Waals surface area contributed by atoms with Crippen molar-refractivity contribution >= 4 is 17.8 Å². The van der Waals surface area contributed by atoms with Crippen molar-refractivity contribution in [3.05, 3.63) is 0 Å². The Morgan fingerprint density at radius 2 is 2.04 bits per heavy atom. The van der Waals surface area contributed by atoms with Gasteiger partial charge in [-0.05, 0) is 26.3 Å². The normalized spacial score (nSPS) is 23.2. The van der Waals surface area contributed by atoms with Crippen LogP contribution in [0.25, 0.3) is 0 Å². The van der Waals surface area contributed by atoms with Crippen LogP contribution in [0.15, 0.2) is 0 Å². The predicted octanol–water partition coefficient (Wildman–Crippen LogP) is 1.40. The van der Waals surface area contributed by atoms with Gasteiger partial charge in [-0.25, -0.2) is 0 Å². The molecule has 1 saturated carbocycles. The Bertz CT molecular complexity index is 588. The van der Waals surface area contributed by atoms with Crippen molar-refractivity contribution in [3.8, 4) is 0 Å². The van der Waals surface area contributed by atoms with Crippen LogP contribution in [0.1, 0.15) is 25.7 Å². The van der Waals surface area contributed by atoms with Crippen LogP contribution in [0, 0.1) is 5.41 Å². The lowest BCUT2D eigenvalue weighted by molar-refractivity contribution is -0.244. The molecule has 0 spiro atoms. The monoisotopic (exact) mass is 345 g/mol. The van der Waals surface area contributed by atoms with Crippen molar-refractivity contribution < 1.29 is 13.2 Å². The number of hydrogen-bond acceptors (Lipinski definition) is 7. The molecule has 1 aliphatic carbocycles. The summed E-state index contributed by atoms with van der Waals surface area (Å²) in [4.78, 5) is 14.2. The largest absolute Gasteiger partial charge is 0.396 e. The molecule has 7 nitrogen and oxygen atoms in total. The van der Waals surface area contributed by atoms with Gasteiger partial charge >= 0.3 is 6.18 Å². The number of anilines is 3. The van der Waals surface area contributed by atoms with E-state index in [1.165, 1.54) is 0 Å². The minimum absolute atomic E-state index is 0.00470. The highest BCUT2D eigenvalue weighted by atomic mass is 19.4. The summed E-state index contributed by atoms with van der Waals surface area (Å²) in [6.07, 6.45) is -2.43. The maximum absolute atomic E-state index is 13.2. The van der Waals surface area contributed by atoms with E-state index in [0.29, 0.717) is 18.4 Å². The average Bonchev–Trinajstić information content (AvgIpc) is 2.93. The second kappa shape index (κ2) is 6.23. The third-order valence-corrected chi connectivity index (χ3v) is 5.02. The molecule has 10 heteroatoms. The zero-order valence-corrected chi connectivity index (χ0v) is 13.5. The Kier molecular flexibility index (Phi) is 4.41. The highest BCUT2D eigenvalue weighted by Gasteiger charge is 2.58. The second-order valence-corrected chi connectivity index (χ2v) is 6.52. The molecule has 0 radical (unpaired) electrons. The number of nitrogens with zero attached hydrogens (tertiary/aromatic N) is 4. The first kappa shape index (κ1) is 17.0. The summed E-state index contributed by atoms with van der Waals surface area (Å²) in [6.45, 7) is 1.26. The molecule has 1 saturated heterocycles. The predicted molar refractivity (Wildman–Crippen MR) is 84.7 cm³/mol. The van der Waals surface area contributed by atoms with E-state index < -0.39 is 11.6 Å². The molecule has 1 aliphatic heterocycles. The number of nitrogens with two attached hydrogens (primary N) is 1. The topological polar surface area (TPSA) is 92.0 Å². The van der Waals surface area contributed by atoms with Crippen molar-refractivity contribution in [2.75, 3.05) is 42.6 Å². The fourth-order valence-electron chi connectivity index (χ4n) is 3.19. The molecule has 2 aliphatic rings. The molecule has 1 aromatic rings. The van der Waals surface area contributed by atoms with Crippen molar-refractivity contribution in [1.29, 1.82) is 0 Å². The number of nitrogen functional groups attached to an aromatic ring is 1. The van der Waals surface area contributed by atoms with Gasteiger partial charge in [0.1, 0.15) is 0 Å². The zero-order valence-electron chi connectivity index (χ0n) is 13.5. The lowest BCUT2D eigenvalue weighted by Crippen LogP contribution is -2.49. The van der Waals surface area contributed by atoms with Gasteiger partial charge in [0.15, 0.2) is 0 Å². The molecule has 2 heterocycles. The minimum atomic E-state index is -4.23. The summed E-state index contributed by atoms with van der Waals surface area (Å²) < 4.78 is 39.6. The Hall–Kier alpha value is -1.84. The van der Waals surface area contributed by atoms with Crippen LogP contribution in [0.2, 0.25) is 0 Å². The summed E-state index contributed by atoms with van der Waals surface area (Å²) in [7, 11) is 1.89. The maximum atomic E-state index is 13.2. The van der Waals surface area contributed by atoms with Gasteiger partial charge in [0.2, 0.25) is 17.8 Å². The van der Waals surface area contributed by atoms with Crippen LogP contribution in [0.4, 0.5) is 31.0 Å². The molecule has 134 valence electrons. The first-order chi connectivity index (χ1) is 11.3. The van der Waals surface area contributed by atoms with E-state index in [9.17, 15) is 13.2 Å². The van der Waals surface area contributed by atoms with Crippen LogP contribution < -0.4 is 21.3 Å². The van der Waals surface area contributed by atoms with Gasteiger partial charge < -0.3 is 21.3 Å². The van der Waals surface area contributed by atoms with Crippen molar-refractivity contribution in [3.63, 3.8) is 0 Å². The van der Waals surface area contributed by atoms with E-state index in [2.05, 4.69) is 25.6 Å². The van der Waals surface area contributed by atoms with Gasteiger partial charge in [0, 0.05) is 25.7 Å². The lowest BCUT2D eigenvalue weighted by atomic mass is 9.68. The van der Waals surface area contributed by atoms with Gasteiger partial charge in [0.25, 0.3) is 0 Å². The highest BCUT2D eigenvalue weighted by Crippen LogP contribution is 2.52. The standard InChI is InChI=1S/C14H22F3N7/c1-19-9-3-6-24(7-9)12-22-10(18)21-11(23-12)20-8-13(4-2-5-13)14(15,16)17/h9,19H,2-8H2,1H3,(H3,18,20,21,22,23)/t9-/m1/s1. The summed E-state index contributed by atoms with van der Waals surface area (Å²) in [6, 6.07) is 0.336. The first-order valence-corrected chi connectivity index (χ1v) is 8.07. The first-order valence-electron chi connectivity index (χ1n) is 8.07. The third-order valence-electron chi connectivity index (χ3n) is 5.02. The molecule has 0 unspecified atom stereocenters.